The average molecular weight is 493 g/mol. The number of benzene rings is 2. The molecule has 2 amide bonds. The van der Waals surface area contributed by atoms with Gasteiger partial charge in [0.25, 0.3) is 5.91 Å². The number of ether oxygens (including phenoxy) is 1. The van der Waals surface area contributed by atoms with Crippen molar-refractivity contribution in [3.63, 3.8) is 0 Å². The monoisotopic (exact) mass is 491 g/mol. The second-order valence-electron chi connectivity index (χ2n) is 6.91. The van der Waals surface area contributed by atoms with E-state index >= 15 is 0 Å². The van der Waals surface area contributed by atoms with E-state index in [-0.39, 0.29) is 18.5 Å². The third-order valence-electron chi connectivity index (χ3n) is 4.96. The molecule has 0 saturated carbocycles. The summed E-state index contributed by atoms with van der Waals surface area (Å²) < 4.78 is 6.22. The molecule has 0 radical (unpaired) electrons. The molecule has 0 spiro atoms. The van der Waals surface area contributed by atoms with Gasteiger partial charge in [-0.15, -0.1) is 0 Å². The lowest BCUT2D eigenvalue weighted by molar-refractivity contribution is -0.139. The van der Waals surface area contributed by atoms with Gasteiger partial charge in [-0.1, -0.05) is 39.7 Å². The third-order valence-corrected chi connectivity index (χ3v) is 5.72. The van der Waals surface area contributed by atoms with Gasteiger partial charge in [0.15, 0.2) is 0 Å². The number of nitrogens with one attached hydrogen (secondary N) is 2. The van der Waals surface area contributed by atoms with Gasteiger partial charge in [0.1, 0.15) is 24.7 Å². The van der Waals surface area contributed by atoms with Crippen LogP contribution in [0, 0.1) is 0 Å². The molecule has 0 aliphatic carbocycles. The molecule has 2 N–H and O–H groups in total. The number of methoxy groups -OCH3 is 1. The van der Waals surface area contributed by atoms with E-state index in [1.807, 2.05) is 24.3 Å². The molecule has 10 heteroatoms. The standard InChI is InChI=1S/C20H19BrClN5O3/c1-30-18-7-6-14(22)8-16(18)24-19(28)10-26-20(29)17-9-15(25-27(17)11-23-26)12-2-4-13(21)5-3-12/h2-8,11,15,17,25H,9-10H2,1H3,(H,24,28). The van der Waals surface area contributed by atoms with E-state index in [0.29, 0.717) is 22.9 Å². The van der Waals surface area contributed by atoms with Crippen LogP contribution >= 0.6 is 27.5 Å². The van der Waals surface area contributed by atoms with E-state index in [0.717, 1.165) is 10.0 Å². The highest BCUT2D eigenvalue weighted by Crippen LogP contribution is 2.31. The predicted molar refractivity (Wildman–Crippen MR) is 117 cm³/mol. The Bertz CT molecular complexity index is 1000. The summed E-state index contributed by atoms with van der Waals surface area (Å²) in [4.78, 5) is 25.4. The van der Waals surface area contributed by atoms with E-state index in [2.05, 4.69) is 31.8 Å². The minimum absolute atomic E-state index is 0.0111. The Balaban J connectivity index is 1.41. The largest absolute Gasteiger partial charge is 0.495 e. The van der Waals surface area contributed by atoms with Crippen molar-refractivity contribution in [3.8, 4) is 5.75 Å². The molecular weight excluding hydrogens is 474 g/mol. The number of anilines is 1. The number of hydrogen-bond acceptors (Lipinski definition) is 6. The van der Waals surface area contributed by atoms with Gasteiger partial charge in [-0.05, 0) is 42.3 Å². The molecule has 30 heavy (non-hydrogen) atoms. The summed E-state index contributed by atoms with van der Waals surface area (Å²) in [6.07, 6.45) is 2.12. The lowest BCUT2D eigenvalue weighted by Crippen LogP contribution is -2.52. The van der Waals surface area contributed by atoms with Crippen LogP contribution in [0.2, 0.25) is 5.02 Å². The molecular formula is C20H19BrClN5O3. The number of halogens is 2. The maximum Gasteiger partial charge on any atom is 0.267 e. The first-order chi connectivity index (χ1) is 14.4. The van der Waals surface area contributed by atoms with Gasteiger partial charge >= 0.3 is 0 Å². The first-order valence-electron chi connectivity index (χ1n) is 9.23. The second kappa shape index (κ2) is 8.63. The zero-order chi connectivity index (χ0) is 21.3. The average Bonchev–Trinajstić information content (AvgIpc) is 3.16. The maximum absolute atomic E-state index is 12.9. The Hall–Kier alpha value is -2.62. The van der Waals surface area contributed by atoms with Crippen LogP contribution in [-0.4, -0.2) is 47.9 Å². The smallest absolute Gasteiger partial charge is 0.267 e. The summed E-state index contributed by atoms with van der Waals surface area (Å²) in [6, 6.07) is 12.4. The molecule has 2 aromatic carbocycles. The van der Waals surface area contributed by atoms with Crippen LogP contribution in [0.15, 0.2) is 52.0 Å². The van der Waals surface area contributed by atoms with E-state index < -0.39 is 11.9 Å². The van der Waals surface area contributed by atoms with Gasteiger partial charge in [0, 0.05) is 9.50 Å². The molecule has 1 fully saturated rings. The molecule has 2 aromatic rings. The van der Waals surface area contributed by atoms with Crippen molar-refractivity contribution in [2.75, 3.05) is 19.0 Å². The zero-order valence-electron chi connectivity index (χ0n) is 16.0. The number of hydrazone groups is 1. The van der Waals surface area contributed by atoms with Crippen LogP contribution in [0.4, 0.5) is 5.69 Å². The van der Waals surface area contributed by atoms with Crippen LogP contribution < -0.4 is 15.5 Å². The number of rotatable bonds is 5. The summed E-state index contributed by atoms with van der Waals surface area (Å²) >= 11 is 9.42. The Morgan fingerprint density at radius 1 is 1.33 bits per heavy atom. The Kier molecular flexibility index (Phi) is 5.94. The molecule has 2 unspecified atom stereocenters. The first kappa shape index (κ1) is 20.6. The third kappa shape index (κ3) is 4.28. The summed E-state index contributed by atoms with van der Waals surface area (Å²) in [7, 11) is 1.50. The van der Waals surface area contributed by atoms with Crippen molar-refractivity contribution in [1.29, 1.82) is 0 Å². The lowest BCUT2D eigenvalue weighted by atomic mass is 10.0. The molecule has 2 heterocycles. The van der Waals surface area contributed by atoms with Crippen molar-refractivity contribution < 1.29 is 14.3 Å². The molecule has 2 atom stereocenters. The Labute approximate surface area is 186 Å². The predicted octanol–water partition coefficient (Wildman–Crippen LogP) is 3.16. The molecule has 2 aliphatic heterocycles. The van der Waals surface area contributed by atoms with E-state index in [4.69, 9.17) is 16.3 Å². The number of hydrogen-bond donors (Lipinski definition) is 2. The fourth-order valence-electron chi connectivity index (χ4n) is 3.47. The fraction of sp³-hybridized carbons (Fsp3) is 0.250. The highest BCUT2D eigenvalue weighted by atomic mass is 79.9. The molecule has 8 nitrogen and oxygen atoms in total. The molecule has 2 aliphatic rings. The number of carbonyl (C=O) groups is 2. The van der Waals surface area contributed by atoms with Crippen molar-refractivity contribution in [2.24, 2.45) is 5.10 Å². The van der Waals surface area contributed by atoms with Crippen LogP contribution in [0.3, 0.4) is 0 Å². The fourth-order valence-corrected chi connectivity index (χ4v) is 3.90. The summed E-state index contributed by atoms with van der Waals surface area (Å²) in [6.45, 7) is -0.210. The minimum Gasteiger partial charge on any atom is -0.495 e. The van der Waals surface area contributed by atoms with Crippen LogP contribution in [0.25, 0.3) is 0 Å². The van der Waals surface area contributed by atoms with Gasteiger partial charge in [0.2, 0.25) is 5.91 Å². The van der Waals surface area contributed by atoms with Gasteiger partial charge in [-0.3, -0.25) is 14.6 Å². The first-order valence-corrected chi connectivity index (χ1v) is 10.4. The van der Waals surface area contributed by atoms with Gasteiger partial charge in [-0.2, -0.15) is 5.10 Å². The Morgan fingerprint density at radius 2 is 2.10 bits per heavy atom. The van der Waals surface area contributed by atoms with Gasteiger partial charge < -0.3 is 10.1 Å². The highest BCUT2D eigenvalue weighted by Gasteiger charge is 2.41. The number of amides is 2. The van der Waals surface area contributed by atoms with Crippen molar-refractivity contribution in [2.45, 2.75) is 18.5 Å². The van der Waals surface area contributed by atoms with E-state index in [1.54, 1.807) is 23.2 Å². The van der Waals surface area contributed by atoms with Crippen molar-refractivity contribution >= 4 is 51.4 Å². The topological polar surface area (TPSA) is 86.3 Å². The Morgan fingerprint density at radius 3 is 2.83 bits per heavy atom. The highest BCUT2D eigenvalue weighted by molar-refractivity contribution is 9.10. The summed E-state index contributed by atoms with van der Waals surface area (Å²) in [5.74, 6) is -0.160. The molecule has 156 valence electrons. The number of hydrazine groups is 1. The van der Waals surface area contributed by atoms with E-state index in [9.17, 15) is 9.59 Å². The molecule has 1 saturated heterocycles. The summed E-state index contributed by atoms with van der Waals surface area (Å²) in [5, 5.41) is 10.2. The normalized spacial score (nSPS) is 20.3. The zero-order valence-corrected chi connectivity index (χ0v) is 18.4. The van der Waals surface area contributed by atoms with Gasteiger partial charge in [0.05, 0.1) is 18.8 Å². The number of carbonyl (C=O) groups excluding carboxylic acids is 2. The van der Waals surface area contributed by atoms with Gasteiger partial charge in [-0.25, -0.2) is 10.4 Å². The van der Waals surface area contributed by atoms with E-state index in [1.165, 1.54) is 18.5 Å². The van der Waals surface area contributed by atoms with Crippen molar-refractivity contribution in [1.82, 2.24) is 15.4 Å². The van der Waals surface area contributed by atoms with Crippen LogP contribution in [-0.2, 0) is 9.59 Å². The SMILES string of the molecule is COc1ccc(Cl)cc1NC(=O)CN1N=CN2NC(c3ccc(Br)cc3)CC2C1=O. The van der Waals surface area contributed by atoms with Crippen LogP contribution in [0.1, 0.15) is 18.0 Å². The number of nitrogens with zero attached hydrogens (tertiary/aromatic N) is 3. The quantitative estimate of drug-likeness (QED) is 0.670. The van der Waals surface area contributed by atoms with Crippen LogP contribution in [0.5, 0.6) is 5.75 Å². The van der Waals surface area contributed by atoms with Crippen molar-refractivity contribution in [3.05, 3.63) is 57.5 Å². The summed E-state index contributed by atoms with van der Waals surface area (Å²) in [5.41, 5.74) is 4.79. The minimum atomic E-state index is -0.426. The number of fused-ring (bicyclic) bond motifs is 1. The molecule has 0 aromatic heterocycles. The lowest BCUT2D eigenvalue weighted by Gasteiger charge is -2.29. The molecule has 0 bridgehead atoms. The molecule has 4 rings (SSSR count). The maximum atomic E-state index is 12.9. The second-order valence-corrected chi connectivity index (χ2v) is 8.26.